The van der Waals surface area contributed by atoms with E-state index < -0.39 is 0 Å². The molecule has 6 heteroatoms. The summed E-state index contributed by atoms with van der Waals surface area (Å²) in [6, 6.07) is 20.7. The quantitative estimate of drug-likeness (QED) is 0.568. The molecule has 2 aromatic carbocycles. The molecule has 0 aliphatic rings. The minimum Gasteiger partial charge on any atom is -0.346 e. The topological polar surface area (TPSA) is 59.3 Å². The number of nitrogens with one attached hydrogen (secondary N) is 1. The normalized spacial score (nSPS) is 12.1. The monoisotopic (exact) mass is 376 g/mol. The van der Waals surface area contributed by atoms with Gasteiger partial charge in [-0.2, -0.15) is 0 Å². The molecule has 0 unspecified atom stereocenters. The van der Waals surface area contributed by atoms with E-state index in [4.69, 9.17) is 11.6 Å². The molecule has 0 fully saturated rings. The van der Waals surface area contributed by atoms with E-state index in [1.165, 1.54) is 0 Å². The third kappa shape index (κ3) is 3.55. The largest absolute Gasteiger partial charge is 0.346 e. The van der Waals surface area contributed by atoms with Gasteiger partial charge in [0, 0.05) is 22.3 Å². The Balaban J connectivity index is 1.60. The average Bonchev–Trinajstić information content (AvgIpc) is 3.12. The molecule has 27 heavy (non-hydrogen) atoms. The number of halogens is 1. The van der Waals surface area contributed by atoms with Crippen molar-refractivity contribution in [1.82, 2.24) is 19.9 Å². The third-order valence-corrected chi connectivity index (χ3v) is 4.64. The fourth-order valence-electron chi connectivity index (χ4n) is 2.96. The fraction of sp³-hybridized carbons (Fsp3) is 0.0952. The molecule has 0 spiro atoms. The predicted octanol–water partition coefficient (Wildman–Crippen LogP) is 4.54. The van der Waals surface area contributed by atoms with E-state index >= 15 is 0 Å². The Hall–Kier alpha value is -3.18. The number of hydrogen-bond donors (Lipinski definition) is 1. The summed E-state index contributed by atoms with van der Waals surface area (Å²) in [6.07, 6.45) is 1.80. The zero-order chi connectivity index (χ0) is 18.8. The summed E-state index contributed by atoms with van der Waals surface area (Å²) in [5.41, 5.74) is 3.06. The zero-order valence-corrected chi connectivity index (χ0v) is 15.4. The maximum absolute atomic E-state index is 12.6. The van der Waals surface area contributed by atoms with Crippen LogP contribution in [0, 0.1) is 0 Å². The van der Waals surface area contributed by atoms with Crippen molar-refractivity contribution in [3.8, 4) is 11.4 Å². The number of benzene rings is 2. The molecule has 2 aromatic heterocycles. The second-order valence-corrected chi connectivity index (χ2v) is 6.72. The Labute approximate surface area is 161 Å². The molecule has 134 valence electrons. The smallest absolute Gasteiger partial charge is 0.251 e. The number of carbonyl (C=O) groups is 1. The maximum Gasteiger partial charge on any atom is 0.251 e. The summed E-state index contributed by atoms with van der Waals surface area (Å²) in [7, 11) is 0. The van der Waals surface area contributed by atoms with E-state index in [2.05, 4.69) is 15.5 Å². The maximum atomic E-state index is 12.6. The summed E-state index contributed by atoms with van der Waals surface area (Å²) >= 11 is 6.07. The molecule has 4 rings (SSSR count). The molecule has 1 atom stereocenters. The first-order chi connectivity index (χ1) is 13.1. The zero-order valence-electron chi connectivity index (χ0n) is 14.6. The second kappa shape index (κ2) is 7.21. The molecular weight excluding hydrogens is 360 g/mol. The van der Waals surface area contributed by atoms with Gasteiger partial charge in [0.05, 0.1) is 6.04 Å². The predicted molar refractivity (Wildman–Crippen MR) is 106 cm³/mol. The van der Waals surface area contributed by atoms with Crippen LogP contribution in [-0.4, -0.2) is 20.5 Å². The van der Waals surface area contributed by atoms with Crippen LogP contribution in [0.15, 0.2) is 72.9 Å². The molecule has 0 aliphatic carbocycles. The van der Waals surface area contributed by atoms with Gasteiger partial charge < -0.3 is 5.32 Å². The van der Waals surface area contributed by atoms with Crippen molar-refractivity contribution in [3.05, 3.63) is 89.1 Å². The summed E-state index contributed by atoms with van der Waals surface area (Å²) < 4.78 is 1.84. The molecule has 0 bridgehead atoms. The average molecular weight is 377 g/mol. The lowest BCUT2D eigenvalue weighted by Gasteiger charge is -2.14. The van der Waals surface area contributed by atoms with Gasteiger partial charge in [0.2, 0.25) is 0 Å². The minimum absolute atomic E-state index is 0.0881. The summed E-state index contributed by atoms with van der Waals surface area (Å²) in [5.74, 6) is 0.526. The first kappa shape index (κ1) is 17.2. The Kier molecular flexibility index (Phi) is 4.60. The van der Waals surface area contributed by atoms with E-state index in [0.29, 0.717) is 22.1 Å². The van der Waals surface area contributed by atoms with Crippen molar-refractivity contribution in [2.45, 2.75) is 13.0 Å². The van der Waals surface area contributed by atoms with Crippen molar-refractivity contribution < 1.29 is 4.79 Å². The summed E-state index contributed by atoms with van der Waals surface area (Å²) in [4.78, 5) is 12.6. The lowest BCUT2D eigenvalue weighted by molar-refractivity contribution is 0.0940. The van der Waals surface area contributed by atoms with Gasteiger partial charge in [0.15, 0.2) is 11.5 Å². The highest BCUT2D eigenvalue weighted by molar-refractivity contribution is 6.30. The van der Waals surface area contributed by atoms with E-state index in [1.54, 1.807) is 18.3 Å². The summed E-state index contributed by atoms with van der Waals surface area (Å²) in [6.45, 7) is 1.96. The second-order valence-electron chi connectivity index (χ2n) is 6.28. The van der Waals surface area contributed by atoms with E-state index in [-0.39, 0.29) is 11.9 Å². The molecule has 0 aliphatic heterocycles. The molecule has 1 N–H and O–H groups in total. The van der Waals surface area contributed by atoms with Crippen LogP contribution in [0.4, 0.5) is 0 Å². The van der Waals surface area contributed by atoms with Crippen LogP contribution in [0.2, 0.25) is 5.02 Å². The number of hydrogen-bond acceptors (Lipinski definition) is 3. The number of aromatic nitrogens is 3. The van der Waals surface area contributed by atoms with Crippen LogP contribution in [0.1, 0.15) is 28.9 Å². The van der Waals surface area contributed by atoms with Crippen molar-refractivity contribution >= 4 is 23.2 Å². The number of pyridine rings is 1. The lowest BCUT2D eigenvalue weighted by Crippen LogP contribution is -2.26. The molecule has 0 saturated heterocycles. The van der Waals surface area contributed by atoms with Gasteiger partial charge in [-0.25, -0.2) is 0 Å². The number of fused-ring (bicyclic) bond motifs is 1. The van der Waals surface area contributed by atoms with E-state index in [9.17, 15) is 4.79 Å². The minimum atomic E-state index is -0.152. The highest BCUT2D eigenvalue weighted by Gasteiger charge is 2.14. The van der Waals surface area contributed by atoms with Crippen molar-refractivity contribution in [2.24, 2.45) is 0 Å². The van der Waals surface area contributed by atoms with Gasteiger partial charge in [-0.1, -0.05) is 54.1 Å². The fourth-order valence-corrected chi connectivity index (χ4v) is 3.15. The van der Waals surface area contributed by atoms with Crippen LogP contribution < -0.4 is 5.32 Å². The SMILES string of the molecule is C[C@@H](NC(=O)c1ccn2c(-c3cccc(Cl)c3)nnc2c1)c1ccccc1. The van der Waals surface area contributed by atoms with E-state index in [1.807, 2.05) is 65.9 Å². The Morgan fingerprint density at radius 2 is 1.85 bits per heavy atom. The molecule has 2 heterocycles. The first-order valence-electron chi connectivity index (χ1n) is 8.58. The number of nitrogens with zero attached hydrogens (tertiary/aromatic N) is 3. The van der Waals surface area contributed by atoms with Gasteiger partial charge in [-0.3, -0.25) is 9.20 Å². The van der Waals surface area contributed by atoms with Crippen LogP contribution in [0.25, 0.3) is 17.0 Å². The Morgan fingerprint density at radius 1 is 1.04 bits per heavy atom. The van der Waals surface area contributed by atoms with Crippen molar-refractivity contribution in [1.29, 1.82) is 0 Å². The highest BCUT2D eigenvalue weighted by Crippen LogP contribution is 2.22. The van der Waals surface area contributed by atoms with Crippen LogP contribution in [-0.2, 0) is 0 Å². The molecule has 0 radical (unpaired) electrons. The van der Waals surface area contributed by atoms with Crippen molar-refractivity contribution in [2.75, 3.05) is 0 Å². The van der Waals surface area contributed by atoms with Crippen molar-refractivity contribution in [3.63, 3.8) is 0 Å². The van der Waals surface area contributed by atoms with Crippen LogP contribution in [0.3, 0.4) is 0 Å². The number of carbonyl (C=O) groups excluding carboxylic acids is 1. The molecule has 5 nitrogen and oxygen atoms in total. The first-order valence-corrected chi connectivity index (χ1v) is 8.96. The number of amides is 1. The third-order valence-electron chi connectivity index (χ3n) is 4.40. The summed E-state index contributed by atoms with van der Waals surface area (Å²) in [5, 5.41) is 12.1. The Bertz CT molecular complexity index is 1110. The van der Waals surface area contributed by atoms with E-state index in [0.717, 1.165) is 11.1 Å². The number of rotatable bonds is 4. The lowest BCUT2D eigenvalue weighted by atomic mass is 10.1. The van der Waals surface area contributed by atoms with Gasteiger partial charge in [0.1, 0.15) is 0 Å². The van der Waals surface area contributed by atoms with Crippen LogP contribution in [0.5, 0.6) is 0 Å². The van der Waals surface area contributed by atoms with Gasteiger partial charge >= 0.3 is 0 Å². The van der Waals surface area contributed by atoms with Gasteiger partial charge in [-0.05, 0) is 36.8 Å². The van der Waals surface area contributed by atoms with Crippen LogP contribution >= 0.6 is 11.6 Å². The molecular formula is C21H17ClN4O. The Morgan fingerprint density at radius 3 is 2.63 bits per heavy atom. The molecule has 4 aromatic rings. The van der Waals surface area contributed by atoms with Gasteiger partial charge in [0.25, 0.3) is 5.91 Å². The highest BCUT2D eigenvalue weighted by atomic mass is 35.5. The van der Waals surface area contributed by atoms with Gasteiger partial charge in [-0.15, -0.1) is 10.2 Å². The molecule has 0 saturated carbocycles. The molecule has 1 amide bonds. The standard InChI is InChI=1S/C21H17ClN4O/c1-14(15-6-3-2-4-7-15)23-21(27)17-10-11-26-19(13-17)24-25-20(26)16-8-5-9-18(22)12-16/h2-14H,1H3,(H,23,27)/t14-/m1/s1.